The highest BCUT2D eigenvalue weighted by molar-refractivity contribution is 5.70. The van der Waals surface area contributed by atoms with Crippen molar-refractivity contribution >= 4 is 11.9 Å². The van der Waals surface area contributed by atoms with E-state index in [1.54, 1.807) is 0 Å². The SMILES string of the molecule is CCCCCCCC/C=C\CCCCCCCC(=O)OCC(COCCCCCCCCCCCCCCCC)OC(=O)CCCCCCCCCCCCCCCCC. The fraction of sp³-hybridized carbons (Fsp3) is 0.927. The number of unbranched alkanes of at least 4 members (excludes halogenated alkanes) is 38. The van der Waals surface area contributed by atoms with Crippen LogP contribution in [0.1, 0.15) is 303 Å². The van der Waals surface area contributed by atoms with Crippen LogP contribution < -0.4 is 0 Å². The molecule has 0 bridgehead atoms. The second-order valence-corrected chi connectivity index (χ2v) is 18.5. The number of hydrogen-bond acceptors (Lipinski definition) is 5. The molecule has 5 nitrogen and oxygen atoms in total. The monoisotopic (exact) mass is 847 g/mol. The first-order valence-electron chi connectivity index (χ1n) is 27.2. The lowest BCUT2D eigenvalue weighted by molar-refractivity contribution is -0.163. The van der Waals surface area contributed by atoms with Crippen LogP contribution in [-0.2, 0) is 23.8 Å². The number of ether oxygens (including phenoxy) is 3. The van der Waals surface area contributed by atoms with E-state index >= 15 is 0 Å². The van der Waals surface area contributed by atoms with Crippen molar-refractivity contribution in [2.75, 3.05) is 19.8 Å². The Morgan fingerprint density at radius 2 is 0.650 bits per heavy atom. The van der Waals surface area contributed by atoms with Gasteiger partial charge in [0.25, 0.3) is 0 Å². The Bertz CT molecular complexity index is 871. The lowest BCUT2D eigenvalue weighted by Gasteiger charge is -2.18. The molecule has 1 atom stereocenters. The van der Waals surface area contributed by atoms with Crippen molar-refractivity contribution in [1.29, 1.82) is 0 Å². The largest absolute Gasteiger partial charge is 0.462 e. The second kappa shape index (κ2) is 52.0. The quantitative estimate of drug-likeness (QED) is 0.0347. The van der Waals surface area contributed by atoms with Crippen LogP contribution in [0.25, 0.3) is 0 Å². The molecule has 0 saturated heterocycles. The third kappa shape index (κ3) is 49.3. The molecule has 0 spiro atoms. The number of rotatable bonds is 51. The van der Waals surface area contributed by atoms with Crippen LogP contribution in [0.5, 0.6) is 0 Å². The third-order valence-corrected chi connectivity index (χ3v) is 12.3. The summed E-state index contributed by atoms with van der Waals surface area (Å²) in [5.41, 5.74) is 0. The van der Waals surface area contributed by atoms with Crippen molar-refractivity contribution < 1.29 is 23.8 Å². The Morgan fingerprint density at radius 1 is 0.350 bits per heavy atom. The number of carbonyl (C=O) groups is 2. The second-order valence-electron chi connectivity index (χ2n) is 18.5. The molecule has 0 aromatic carbocycles. The van der Waals surface area contributed by atoms with E-state index in [9.17, 15) is 9.59 Å². The average molecular weight is 847 g/mol. The molecule has 0 fully saturated rings. The van der Waals surface area contributed by atoms with Gasteiger partial charge in [-0.1, -0.05) is 258 Å². The summed E-state index contributed by atoms with van der Waals surface area (Å²) in [6.45, 7) is 7.89. The summed E-state index contributed by atoms with van der Waals surface area (Å²) >= 11 is 0. The van der Waals surface area contributed by atoms with Crippen molar-refractivity contribution in [3.8, 4) is 0 Å². The van der Waals surface area contributed by atoms with Gasteiger partial charge in [-0.3, -0.25) is 9.59 Å². The first kappa shape index (κ1) is 58.6. The molecule has 0 amide bonds. The maximum Gasteiger partial charge on any atom is 0.306 e. The summed E-state index contributed by atoms with van der Waals surface area (Å²) in [4.78, 5) is 25.4. The predicted octanol–water partition coefficient (Wildman–Crippen LogP) is 18.2. The highest BCUT2D eigenvalue weighted by Crippen LogP contribution is 2.16. The summed E-state index contributed by atoms with van der Waals surface area (Å²) in [6, 6.07) is 0. The van der Waals surface area contributed by atoms with Gasteiger partial charge >= 0.3 is 11.9 Å². The highest BCUT2D eigenvalue weighted by atomic mass is 16.6. The molecule has 0 heterocycles. The van der Waals surface area contributed by atoms with Crippen molar-refractivity contribution in [3.63, 3.8) is 0 Å². The molecule has 0 N–H and O–H groups in total. The van der Waals surface area contributed by atoms with E-state index in [2.05, 4.69) is 32.9 Å². The van der Waals surface area contributed by atoms with Gasteiger partial charge in [-0.05, 0) is 44.9 Å². The normalized spacial score (nSPS) is 12.1. The lowest BCUT2D eigenvalue weighted by atomic mass is 10.0. The van der Waals surface area contributed by atoms with E-state index < -0.39 is 6.10 Å². The van der Waals surface area contributed by atoms with E-state index in [0.29, 0.717) is 26.1 Å². The topological polar surface area (TPSA) is 61.8 Å². The van der Waals surface area contributed by atoms with E-state index in [1.807, 2.05) is 0 Å². The maximum atomic E-state index is 12.8. The molecule has 0 radical (unpaired) electrons. The molecule has 1 unspecified atom stereocenters. The van der Waals surface area contributed by atoms with Crippen LogP contribution >= 0.6 is 0 Å². The van der Waals surface area contributed by atoms with Crippen molar-refractivity contribution in [1.82, 2.24) is 0 Å². The Labute approximate surface area is 375 Å². The minimum absolute atomic E-state index is 0.0905. The minimum atomic E-state index is -0.529. The zero-order valence-electron chi connectivity index (χ0n) is 41.0. The third-order valence-electron chi connectivity index (χ3n) is 12.3. The molecule has 0 aliphatic heterocycles. The molecule has 60 heavy (non-hydrogen) atoms. The summed E-state index contributed by atoms with van der Waals surface area (Å²) in [6.07, 6.45) is 59.3. The van der Waals surface area contributed by atoms with Crippen molar-refractivity contribution in [3.05, 3.63) is 12.2 Å². The van der Waals surface area contributed by atoms with Gasteiger partial charge in [0, 0.05) is 19.4 Å². The van der Waals surface area contributed by atoms with Crippen LogP contribution in [0, 0.1) is 0 Å². The molecule has 0 aliphatic rings. The van der Waals surface area contributed by atoms with Crippen LogP contribution in [-0.4, -0.2) is 37.9 Å². The Hall–Kier alpha value is -1.36. The van der Waals surface area contributed by atoms with Crippen LogP contribution in [0.4, 0.5) is 0 Å². The van der Waals surface area contributed by atoms with E-state index in [0.717, 1.165) is 38.5 Å². The fourth-order valence-corrected chi connectivity index (χ4v) is 8.21. The predicted molar refractivity (Wildman–Crippen MR) is 261 cm³/mol. The molecule has 356 valence electrons. The molecule has 0 aromatic heterocycles. The lowest BCUT2D eigenvalue weighted by Crippen LogP contribution is -2.30. The van der Waals surface area contributed by atoms with E-state index in [1.165, 1.54) is 231 Å². The zero-order valence-corrected chi connectivity index (χ0v) is 41.0. The van der Waals surface area contributed by atoms with Crippen LogP contribution in [0.15, 0.2) is 12.2 Å². The molecule has 0 aliphatic carbocycles. The van der Waals surface area contributed by atoms with Crippen LogP contribution in [0.3, 0.4) is 0 Å². The minimum Gasteiger partial charge on any atom is -0.462 e. The Kier molecular flexibility index (Phi) is 50.8. The molecule has 0 saturated carbocycles. The number of esters is 2. The number of allylic oxidation sites excluding steroid dienone is 2. The molecule has 0 rings (SSSR count). The van der Waals surface area contributed by atoms with Crippen LogP contribution in [0.2, 0.25) is 0 Å². The zero-order chi connectivity index (χ0) is 43.5. The first-order valence-corrected chi connectivity index (χ1v) is 27.2. The molecule has 5 heteroatoms. The molecular weight excluding hydrogens is 741 g/mol. The highest BCUT2D eigenvalue weighted by Gasteiger charge is 2.17. The van der Waals surface area contributed by atoms with Gasteiger partial charge in [0.15, 0.2) is 6.10 Å². The summed E-state index contributed by atoms with van der Waals surface area (Å²) < 4.78 is 17.4. The summed E-state index contributed by atoms with van der Waals surface area (Å²) in [5, 5.41) is 0. The van der Waals surface area contributed by atoms with E-state index in [4.69, 9.17) is 14.2 Å². The van der Waals surface area contributed by atoms with Gasteiger partial charge < -0.3 is 14.2 Å². The van der Waals surface area contributed by atoms with Gasteiger partial charge in [-0.25, -0.2) is 0 Å². The van der Waals surface area contributed by atoms with Gasteiger partial charge in [0.2, 0.25) is 0 Å². The maximum absolute atomic E-state index is 12.8. The van der Waals surface area contributed by atoms with Gasteiger partial charge in [0.05, 0.1) is 6.61 Å². The van der Waals surface area contributed by atoms with Gasteiger partial charge in [0.1, 0.15) is 6.61 Å². The van der Waals surface area contributed by atoms with Gasteiger partial charge in [-0.15, -0.1) is 0 Å². The van der Waals surface area contributed by atoms with Crippen molar-refractivity contribution in [2.45, 2.75) is 309 Å². The Balaban J connectivity index is 4.22. The number of carbonyl (C=O) groups excluding carboxylic acids is 2. The van der Waals surface area contributed by atoms with E-state index in [-0.39, 0.29) is 18.5 Å². The summed E-state index contributed by atoms with van der Waals surface area (Å²) in [5.74, 6) is -0.383. The fourth-order valence-electron chi connectivity index (χ4n) is 8.21. The number of hydrogen-bond donors (Lipinski definition) is 0. The van der Waals surface area contributed by atoms with Gasteiger partial charge in [-0.2, -0.15) is 0 Å². The average Bonchev–Trinajstić information content (AvgIpc) is 3.25. The molecular formula is C55H106O5. The smallest absolute Gasteiger partial charge is 0.306 e. The first-order chi connectivity index (χ1) is 29.6. The van der Waals surface area contributed by atoms with Crippen molar-refractivity contribution in [2.24, 2.45) is 0 Å². The standard InChI is InChI=1S/C55H106O5/c1-4-7-10-13-16-19-22-25-28-30-33-36-39-42-45-48-54(56)59-52-53(51-58-50-47-44-41-38-35-32-27-24-21-18-15-12-9-6-3)60-55(57)49-46-43-40-37-34-31-29-26-23-20-17-14-11-8-5-2/h25,28,53H,4-24,26-27,29-52H2,1-3H3/b28-25-. The Morgan fingerprint density at radius 3 is 1.02 bits per heavy atom. The summed E-state index contributed by atoms with van der Waals surface area (Å²) in [7, 11) is 0. The molecule has 0 aromatic rings.